The van der Waals surface area contributed by atoms with Gasteiger partial charge in [-0.05, 0) is 12.1 Å². The molecule has 1 aromatic rings. The van der Waals surface area contributed by atoms with Gasteiger partial charge in [0.1, 0.15) is 0 Å². The molecule has 1 saturated heterocycles. The van der Waals surface area contributed by atoms with Gasteiger partial charge in [-0.1, -0.05) is 60.7 Å². The van der Waals surface area contributed by atoms with Crippen molar-refractivity contribution in [2.45, 2.75) is 42.5 Å². The lowest BCUT2D eigenvalue weighted by atomic mass is 10.00. The summed E-state index contributed by atoms with van der Waals surface area (Å²) in [5, 5.41) is 0. The van der Waals surface area contributed by atoms with Crippen molar-refractivity contribution in [2.24, 2.45) is 11.8 Å². The molecule has 0 N–H and O–H groups in total. The zero-order chi connectivity index (χ0) is 13.0. The summed E-state index contributed by atoms with van der Waals surface area (Å²) in [6.07, 6.45) is 0. The largest absolute Gasteiger partial charge is 0.274 e. The number of amides is 2. The fraction of sp³-hybridized carbons (Fsp3) is 0.500. The van der Waals surface area contributed by atoms with E-state index in [0.717, 1.165) is 0 Å². The number of carbonyl (C=O) groups is 2. The second kappa shape index (κ2) is 8.46. The summed E-state index contributed by atoms with van der Waals surface area (Å²) in [5.41, 5.74) is 0.670. The average molecular weight is 265 g/mol. The lowest BCUT2D eigenvalue weighted by Gasteiger charge is -2.13. The third-order valence-corrected chi connectivity index (χ3v) is 2.98. The van der Waals surface area contributed by atoms with Gasteiger partial charge in [0.2, 0.25) is 11.8 Å². The van der Waals surface area contributed by atoms with Crippen LogP contribution in [-0.2, 0) is 9.59 Å². The van der Waals surface area contributed by atoms with E-state index in [4.69, 9.17) is 0 Å². The van der Waals surface area contributed by atoms with Gasteiger partial charge < -0.3 is 0 Å². The van der Waals surface area contributed by atoms with Gasteiger partial charge in [0.05, 0.1) is 5.69 Å². The van der Waals surface area contributed by atoms with Crippen LogP contribution in [0.15, 0.2) is 30.3 Å². The van der Waals surface area contributed by atoms with Crippen molar-refractivity contribution in [3.8, 4) is 0 Å². The van der Waals surface area contributed by atoms with Crippen LogP contribution in [-0.4, -0.2) is 11.8 Å². The number of anilines is 1. The molecule has 2 amide bonds. The van der Waals surface area contributed by atoms with Crippen molar-refractivity contribution in [1.82, 2.24) is 0 Å². The van der Waals surface area contributed by atoms with Crippen LogP contribution in [0, 0.1) is 11.8 Å². The van der Waals surface area contributed by atoms with Gasteiger partial charge in [-0.2, -0.15) is 0 Å². The van der Waals surface area contributed by atoms with E-state index in [1.165, 1.54) is 4.90 Å². The van der Waals surface area contributed by atoms with Gasteiger partial charge in [-0.25, -0.2) is 0 Å². The van der Waals surface area contributed by atoms with Crippen molar-refractivity contribution in [3.63, 3.8) is 0 Å². The molecule has 1 aromatic carbocycles. The second-order valence-electron chi connectivity index (χ2n) is 3.92. The van der Waals surface area contributed by atoms with Crippen molar-refractivity contribution < 1.29 is 9.59 Å². The Morgan fingerprint density at radius 3 is 1.58 bits per heavy atom. The van der Waals surface area contributed by atoms with E-state index in [2.05, 4.69) is 0 Å². The number of rotatable bonds is 1. The molecule has 2 rings (SSSR count). The molecule has 3 nitrogen and oxygen atoms in total. The van der Waals surface area contributed by atoms with Crippen molar-refractivity contribution in [3.05, 3.63) is 30.3 Å². The first-order valence-corrected chi connectivity index (χ1v) is 6.06. The quantitative estimate of drug-likeness (QED) is 0.716. The second-order valence-corrected chi connectivity index (χ2v) is 3.92. The number of carbonyl (C=O) groups excluding carboxylic acids is 2. The molecule has 2 unspecified atom stereocenters. The molecule has 0 saturated carbocycles. The third kappa shape index (κ3) is 3.66. The fourth-order valence-corrected chi connectivity index (χ4v) is 1.78. The molecule has 1 aliphatic rings. The highest BCUT2D eigenvalue weighted by Gasteiger charge is 2.42. The molecule has 2 atom stereocenters. The minimum Gasteiger partial charge on any atom is -0.274 e. The molecule has 1 aliphatic heterocycles. The molecule has 108 valence electrons. The highest BCUT2D eigenvalue weighted by atomic mass is 16.2. The number of nitrogens with zero attached hydrogens (tertiary/aromatic N) is 1. The van der Waals surface area contributed by atoms with Crippen molar-refractivity contribution in [1.29, 1.82) is 0 Å². The van der Waals surface area contributed by atoms with Crippen LogP contribution in [0.4, 0.5) is 5.69 Å². The number of para-hydroxylation sites is 1. The van der Waals surface area contributed by atoms with Gasteiger partial charge in [0, 0.05) is 11.8 Å². The normalized spacial score (nSPS) is 20.9. The Bertz CT molecular complexity index is 380. The van der Waals surface area contributed by atoms with Gasteiger partial charge in [0.15, 0.2) is 0 Å². The SMILES string of the molecule is C.C.CC.CC1C(=O)N(c2ccccc2)C(=O)C1C. The van der Waals surface area contributed by atoms with Crippen molar-refractivity contribution in [2.75, 3.05) is 4.90 Å². The van der Waals surface area contributed by atoms with Crippen LogP contribution < -0.4 is 4.90 Å². The molecule has 0 spiro atoms. The topological polar surface area (TPSA) is 37.4 Å². The molecule has 0 aromatic heterocycles. The molecule has 3 heteroatoms. The van der Waals surface area contributed by atoms with E-state index >= 15 is 0 Å². The standard InChI is InChI=1S/C12H13NO2.C2H6.2CH4/c1-8-9(2)12(15)13(11(8)14)10-6-4-3-5-7-10;1-2;;/h3-9H,1-2H3;1-2H3;2*1H4. The summed E-state index contributed by atoms with van der Waals surface area (Å²) in [4.78, 5) is 25.0. The fourth-order valence-electron chi connectivity index (χ4n) is 1.78. The Morgan fingerprint density at radius 1 is 0.842 bits per heavy atom. The maximum atomic E-state index is 11.8. The highest BCUT2D eigenvalue weighted by molar-refractivity contribution is 6.21. The molecule has 1 heterocycles. The van der Waals surface area contributed by atoms with Crippen LogP contribution >= 0.6 is 0 Å². The molecule has 0 radical (unpaired) electrons. The lowest BCUT2D eigenvalue weighted by Crippen LogP contribution is -2.30. The van der Waals surface area contributed by atoms with E-state index in [-0.39, 0.29) is 38.5 Å². The minimum atomic E-state index is -0.210. The molecule has 0 bridgehead atoms. The zero-order valence-corrected chi connectivity index (χ0v) is 10.8. The summed E-state index contributed by atoms with van der Waals surface area (Å²) >= 11 is 0. The van der Waals surface area contributed by atoms with Crippen LogP contribution in [0.2, 0.25) is 0 Å². The average Bonchev–Trinajstić information content (AvgIpc) is 2.58. The first kappa shape index (κ1) is 19.7. The summed E-state index contributed by atoms with van der Waals surface area (Å²) < 4.78 is 0. The molecular weight excluding hydrogens is 238 g/mol. The van der Waals surface area contributed by atoms with Crippen LogP contribution in [0.1, 0.15) is 42.5 Å². The number of hydrogen-bond donors (Lipinski definition) is 0. The van der Waals surface area contributed by atoms with Gasteiger partial charge in [-0.15, -0.1) is 0 Å². The first-order chi connectivity index (χ1) is 8.13. The third-order valence-electron chi connectivity index (χ3n) is 2.98. The Hall–Kier alpha value is -1.64. The van der Waals surface area contributed by atoms with Gasteiger partial charge in [-0.3, -0.25) is 14.5 Å². The Morgan fingerprint density at radius 2 is 1.21 bits per heavy atom. The number of imide groups is 1. The summed E-state index contributed by atoms with van der Waals surface area (Å²) in [7, 11) is 0. The van der Waals surface area contributed by atoms with E-state index in [1.54, 1.807) is 26.0 Å². The molecule has 1 fully saturated rings. The predicted molar refractivity (Wildman–Crippen MR) is 82.1 cm³/mol. The predicted octanol–water partition coefficient (Wildman–Crippen LogP) is 4.13. The summed E-state index contributed by atoms with van der Waals surface area (Å²) in [6, 6.07) is 9.07. The zero-order valence-electron chi connectivity index (χ0n) is 10.8. The minimum absolute atomic E-state index is 0. The van der Waals surface area contributed by atoms with Gasteiger partial charge >= 0.3 is 0 Å². The lowest BCUT2D eigenvalue weighted by molar-refractivity contribution is -0.122. The molecular formula is C16H27NO2. The first-order valence-electron chi connectivity index (χ1n) is 6.06. The van der Waals surface area contributed by atoms with E-state index in [0.29, 0.717) is 5.69 Å². The number of hydrogen-bond acceptors (Lipinski definition) is 2. The molecule has 0 aliphatic carbocycles. The monoisotopic (exact) mass is 265 g/mol. The number of benzene rings is 1. The van der Waals surface area contributed by atoms with Crippen LogP contribution in [0.5, 0.6) is 0 Å². The van der Waals surface area contributed by atoms with E-state index in [9.17, 15) is 9.59 Å². The van der Waals surface area contributed by atoms with Gasteiger partial charge in [0.25, 0.3) is 0 Å². The van der Waals surface area contributed by atoms with Crippen LogP contribution in [0.3, 0.4) is 0 Å². The summed E-state index contributed by atoms with van der Waals surface area (Å²) in [6.45, 7) is 7.60. The maximum absolute atomic E-state index is 11.8. The highest BCUT2D eigenvalue weighted by Crippen LogP contribution is 2.29. The summed E-state index contributed by atoms with van der Waals surface area (Å²) in [5.74, 6) is -0.618. The van der Waals surface area contributed by atoms with E-state index < -0.39 is 0 Å². The van der Waals surface area contributed by atoms with Crippen LogP contribution in [0.25, 0.3) is 0 Å². The maximum Gasteiger partial charge on any atom is 0.237 e. The Kier molecular flexibility index (Phi) is 8.77. The van der Waals surface area contributed by atoms with Crippen molar-refractivity contribution >= 4 is 17.5 Å². The Balaban J connectivity index is 0. The Labute approximate surface area is 117 Å². The molecule has 19 heavy (non-hydrogen) atoms. The smallest absolute Gasteiger partial charge is 0.237 e. The van der Waals surface area contributed by atoms with E-state index in [1.807, 2.05) is 32.0 Å².